The minimum atomic E-state index is -0.0468. The Hall–Kier alpha value is -2.25. The number of ether oxygens (including phenoxy) is 1. The molecule has 1 N–H and O–H groups in total. The topological polar surface area (TPSA) is 76.5 Å². The lowest BCUT2D eigenvalue weighted by molar-refractivity contribution is -0.122. The molecule has 1 aliphatic heterocycles. The van der Waals surface area contributed by atoms with Crippen molar-refractivity contribution in [3.63, 3.8) is 0 Å². The number of fused-ring (bicyclic) bond motifs is 1. The predicted octanol–water partition coefficient (Wildman–Crippen LogP) is 2.33. The third-order valence-corrected chi connectivity index (χ3v) is 6.62. The van der Waals surface area contributed by atoms with Gasteiger partial charge in [0, 0.05) is 38.1 Å². The summed E-state index contributed by atoms with van der Waals surface area (Å²) in [6.07, 6.45) is 8.65. The lowest BCUT2D eigenvalue weighted by atomic mass is 9.79. The molecule has 0 spiro atoms. The maximum Gasteiger partial charge on any atom is 0.261 e. The number of para-hydroxylation sites is 1. The molecule has 2 fully saturated rings. The van der Waals surface area contributed by atoms with E-state index >= 15 is 0 Å². The Labute approximate surface area is 177 Å². The molecule has 1 saturated carbocycles. The first-order chi connectivity index (χ1) is 14.7. The van der Waals surface area contributed by atoms with Crippen molar-refractivity contribution >= 4 is 16.8 Å². The first-order valence-electron chi connectivity index (χ1n) is 11.2. The molecule has 2 heterocycles. The highest BCUT2D eigenvalue weighted by Gasteiger charge is 2.38. The summed E-state index contributed by atoms with van der Waals surface area (Å²) in [4.78, 5) is 32.0. The van der Waals surface area contributed by atoms with E-state index in [0.717, 1.165) is 39.1 Å². The average molecular weight is 413 g/mol. The Morgan fingerprint density at radius 2 is 1.90 bits per heavy atom. The zero-order valence-corrected chi connectivity index (χ0v) is 17.6. The molecule has 162 valence electrons. The summed E-state index contributed by atoms with van der Waals surface area (Å²) in [7, 11) is 0. The van der Waals surface area contributed by atoms with Gasteiger partial charge in [0.1, 0.15) is 0 Å². The van der Waals surface area contributed by atoms with Crippen LogP contribution in [0.1, 0.15) is 44.9 Å². The molecule has 2 aliphatic rings. The zero-order chi connectivity index (χ0) is 20.8. The molecule has 0 atom stereocenters. The van der Waals surface area contributed by atoms with Gasteiger partial charge in [-0.25, -0.2) is 4.98 Å². The minimum Gasteiger partial charge on any atom is -0.379 e. The van der Waals surface area contributed by atoms with Crippen LogP contribution in [0.5, 0.6) is 0 Å². The van der Waals surface area contributed by atoms with E-state index in [0.29, 0.717) is 36.8 Å². The van der Waals surface area contributed by atoms with Gasteiger partial charge in [0.2, 0.25) is 5.91 Å². The Kier molecular flexibility index (Phi) is 6.79. The highest BCUT2D eigenvalue weighted by Crippen LogP contribution is 2.33. The summed E-state index contributed by atoms with van der Waals surface area (Å²) in [6, 6.07) is 7.35. The highest BCUT2D eigenvalue weighted by atomic mass is 16.5. The molecule has 1 aromatic carbocycles. The Morgan fingerprint density at radius 1 is 1.13 bits per heavy atom. The number of aromatic nitrogens is 2. The zero-order valence-electron chi connectivity index (χ0n) is 17.6. The molecule has 1 aromatic heterocycles. The van der Waals surface area contributed by atoms with E-state index in [-0.39, 0.29) is 17.0 Å². The van der Waals surface area contributed by atoms with Crippen molar-refractivity contribution in [2.75, 3.05) is 32.8 Å². The summed E-state index contributed by atoms with van der Waals surface area (Å²) in [5, 5.41) is 3.82. The summed E-state index contributed by atoms with van der Waals surface area (Å²) < 4.78 is 7.13. The van der Waals surface area contributed by atoms with Gasteiger partial charge in [0.05, 0.1) is 30.4 Å². The Balaban J connectivity index is 1.30. The molecular formula is C23H32N4O3. The van der Waals surface area contributed by atoms with Gasteiger partial charge >= 0.3 is 0 Å². The number of carbonyl (C=O) groups is 1. The molecular weight excluding hydrogens is 380 g/mol. The molecule has 30 heavy (non-hydrogen) atoms. The van der Waals surface area contributed by atoms with Crippen LogP contribution in [-0.4, -0.2) is 58.7 Å². The van der Waals surface area contributed by atoms with Crippen LogP contribution in [0.15, 0.2) is 35.4 Å². The predicted molar refractivity (Wildman–Crippen MR) is 116 cm³/mol. The molecule has 7 nitrogen and oxygen atoms in total. The van der Waals surface area contributed by atoms with Gasteiger partial charge in [0.25, 0.3) is 5.56 Å². The fourth-order valence-electron chi connectivity index (χ4n) is 4.88. The van der Waals surface area contributed by atoms with Crippen molar-refractivity contribution in [3.8, 4) is 0 Å². The van der Waals surface area contributed by atoms with Crippen LogP contribution in [0.4, 0.5) is 0 Å². The fourth-order valence-corrected chi connectivity index (χ4v) is 4.88. The van der Waals surface area contributed by atoms with E-state index in [4.69, 9.17) is 4.74 Å². The molecule has 4 rings (SSSR count). The van der Waals surface area contributed by atoms with E-state index in [1.165, 1.54) is 19.3 Å². The molecule has 1 saturated heterocycles. The second-order valence-corrected chi connectivity index (χ2v) is 8.52. The molecule has 2 aromatic rings. The summed E-state index contributed by atoms with van der Waals surface area (Å²) in [5.41, 5.74) is 0.739. The third kappa shape index (κ3) is 4.73. The van der Waals surface area contributed by atoms with Crippen LogP contribution in [0.25, 0.3) is 10.9 Å². The molecule has 7 heteroatoms. The van der Waals surface area contributed by atoms with E-state index in [1.807, 2.05) is 18.2 Å². The van der Waals surface area contributed by atoms with Crippen LogP contribution in [0, 0.1) is 0 Å². The summed E-state index contributed by atoms with van der Waals surface area (Å²) in [6.45, 7) is 4.68. The highest BCUT2D eigenvalue weighted by molar-refractivity contribution is 5.77. The normalized spacial score (nSPS) is 19.6. The average Bonchev–Trinajstić information content (AvgIpc) is 2.81. The number of hydrogen-bond acceptors (Lipinski definition) is 5. The van der Waals surface area contributed by atoms with E-state index < -0.39 is 0 Å². The quantitative estimate of drug-likeness (QED) is 0.755. The van der Waals surface area contributed by atoms with Gasteiger partial charge in [-0.15, -0.1) is 0 Å². The van der Waals surface area contributed by atoms with E-state index in [2.05, 4.69) is 15.2 Å². The van der Waals surface area contributed by atoms with Crippen molar-refractivity contribution in [1.29, 1.82) is 0 Å². The number of amides is 1. The number of rotatable bonds is 7. The van der Waals surface area contributed by atoms with Crippen molar-refractivity contribution in [2.45, 2.75) is 57.0 Å². The van der Waals surface area contributed by atoms with Crippen LogP contribution >= 0.6 is 0 Å². The van der Waals surface area contributed by atoms with Gasteiger partial charge in [-0.2, -0.15) is 0 Å². The number of nitrogens with one attached hydrogen (secondary N) is 1. The van der Waals surface area contributed by atoms with Gasteiger partial charge in [-0.3, -0.25) is 19.1 Å². The van der Waals surface area contributed by atoms with Gasteiger partial charge < -0.3 is 10.1 Å². The second kappa shape index (κ2) is 9.71. The van der Waals surface area contributed by atoms with Crippen LogP contribution < -0.4 is 10.9 Å². The van der Waals surface area contributed by atoms with Crippen molar-refractivity contribution in [3.05, 3.63) is 40.9 Å². The molecule has 1 aliphatic carbocycles. The second-order valence-electron chi connectivity index (χ2n) is 8.52. The molecule has 1 amide bonds. The number of nitrogens with zero attached hydrogens (tertiary/aromatic N) is 3. The first kappa shape index (κ1) is 21.0. The van der Waals surface area contributed by atoms with E-state index in [9.17, 15) is 9.59 Å². The van der Waals surface area contributed by atoms with Gasteiger partial charge in [0.15, 0.2) is 0 Å². The van der Waals surface area contributed by atoms with Crippen LogP contribution in [0.2, 0.25) is 0 Å². The number of benzene rings is 1. The monoisotopic (exact) mass is 412 g/mol. The number of aryl methyl sites for hydroxylation is 1. The first-order valence-corrected chi connectivity index (χ1v) is 11.2. The Bertz CT molecular complexity index is 914. The number of hydrogen-bond donors (Lipinski definition) is 1. The molecule has 0 radical (unpaired) electrons. The summed E-state index contributed by atoms with van der Waals surface area (Å²) in [5.74, 6) is 0.0648. The van der Waals surface area contributed by atoms with Crippen molar-refractivity contribution < 1.29 is 9.53 Å². The fraction of sp³-hybridized carbons (Fsp3) is 0.609. The van der Waals surface area contributed by atoms with Gasteiger partial charge in [-0.05, 0) is 31.4 Å². The lowest BCUT2D eigenvalue weighted by Crippen LogP contribution is -2.59. The maximum atomic E-state index is 12.6. The largest absolute Gasteiger partial charge is 0.379 e. The van der Waals surface area contributed by atoms with E-state index in [1.54, 1.807) is 17.0 Å². The summed E-state index contributed by atoms with van der Waals surface area (Å²) >= 11 is 0. The number of carbonyl (C=O) groups excluding carboxylic acids is 1. The number of morpholine rings is 1. The smallest absolute Gasteiger partial charge is 0.261 e. The Morgan fingerprint density at radius 3 is 2.70 bits per heavy atom. The van der Waals surface area contributed by atoms with Crippen LogP contribution in [-0.2, 0) is 16.1 Å². The molecule has 0 bridgehead atoms. The van der Waals surface area contributed by atoms with Crippen molar-refractivity contribution in [2.24, 2.45) is 0 Å². The lowest BCUT2D eigenvalue weighted by Gasteiger charge is -2.48. The SMILES string of the molecule is O=C(CCCn1cnc2ccccc2c1=O)NCC1(N2CCOCC2)CCCCC1. The third-order valence-electron chi connectivity index (χ3n) is 6.62. The maximum absolute atomic E-state index is 12.6. The molecule has 0 unspecified atom stereocenters. The van der Waals surface area contributed by atoms with Crippen molar-refractivity contribution in [1.82, 2.24) is 19.8 Å². The van der Waals surface area contributed by atoms with Crippen LogP contribution in [0.3, 0.4) is 0 Å². The minimum absolute atomic E-state index is 0.0468. The van der Waals surface area contributed by atoms with Gasteiger partial charge in [-0.1, -0.05) is 31.4 Å². The standard InChI is InChI=1S/C23H32N4O3/c28-21(9-6-12-26-18-25-20-8-3-2-7-19(20)22(26)29)24-17-23(10-4-1-5-11-23)27-13-15-30-16-14-27/h2-3,7-8,18H,1,4-6,9-17H2,(H,24,28).